The van der Waals surface area contributed by atoms with Crippen LogP contribution in [0.2, 0.25) is 0 Å². The zero-order valence-corrected chi connectivity index (χ0v) is 14.2. The molecule has 1 amide bonds. The minimum absolute atomic E-state index is 0.0613. The average molecular weight is 313 g/mol. The number of hydrogen-bond donors (Lipinski definition) is 1. The van der Waals surface area contributed by atoms with Crippen molar-refractivity contribution in [2.45, 2.75) is 31.7 Å². The molecule has 0 aliphatic carbocycles. The highest BCUT2D eigenvalue weighted by atomic mass is 32.2. The van der Waals surface area contributed by atoms with E-state index in [4.69, 9.17) is 0 Å². The van der Waals surface area contributed by atoms with Crippen molar-refractivity contribution in [3.8, 4) is 0 Å². The second-order valence-corrected chi connectivity index (χ2v) is 6.77. The maximum atomic E-state index is 12.3. The van der Waals surface area contributed by atoms with Crippen molar-refractivity contribution in [1.82, 2.24) is 5.32 Å². The lowest BCUT2D eigenvalue weighted by Gasteiger charge is -2.23. The summed E-state index contributed by atoms with van der Waals surface area (Å²) >= 11 is 1.59. The molecule has 0 heterocycles. The molecule has 0 aliphatic rings. The summed E-state index contributed by atoms with van der Waals surface area (Å²) in [6.45, 7) is 6.33. The first kappa shape index (κ1) is 16.6. The number of carbonyl (C=O) groups is 1. The molecule has 0 aliphatic heterocycles. The Morgan fingerprint density at radius 1 is 1.05 bits per heavy atom. The third-order valence-corrected chi connectivity index (χ3v) is 4.77. The Balaban J connectivity index is 1.96. The molecule has 3 heteroatoms. The van der Waals surface area contributed by atoms with Gasteiger partial charge in [-0.3, -0.25) is 4.79 Å². The number of hydrogen-bond acceptors (Lipinski definition) is 2. The van der Waals surface area contributed by atoms with Crippen LogP contribution in [0.3, 0.4) is 0 Å². The monoisotopic (exact) mass is 313 g/mol. The van der Waals surface area contributed by atoms with Gasteiger partial charge in [-0.15, -0.1) is 11.8 Å². The van der Waals surface area contributed by atoms with Crippen LogP contribution < -0.4 is 5.32 Å². The standard InChI is InChI=1S/C19H23NOS/c1-14(2)19(16-10-5-4-6-11-16)20-18(21)13-22-17-12-8-7-9-15(17)3/h4-12,14,19H,13H2,1-3H3,(H,20,21)/t19-/m0/s1. The Kier molecular flexibility index (Phi) is 6.08. The molecule has 0 bridgehead atoms. The first-order chi connectivity index (χ1) is 10.6. The van der Waals surface area contributed by atoms with Gasteiger partial charge in [0, 0.05) is 4.90 Å². The van der Waals surface area contributed by atoms with Crippen LogP contribution in [0, 0.1) is 12.8 Å². The van der Waals surface area contributed by atoms with Crippen molar-refractivity contribution in [3.63, 3.8) is 0 Å². The van der Waals surface area contributed by atoms with Crippen molar-refractivity contribution in [3.05, 3.63) is 65.7 Å². The van der Waals surface area contributed by atoms with E-state index in [2.05, 4.69) is 50.4 Å². The number of nitrogens with one attached hydrogen (secondary N) is 1. The molecule has 2 nitrogen and oxygen atoms in total. The van der Waals surface area contributed by atoms with Gasteiger partial charge in [-0.25, -0.2) is 0 Å². The third kappa shape index (κ3) is 4.63. The molecule has 0 unspecified atom stereocenters. The quantitative estimate of drug-likeness (QED) is 0.790. The van der Waals surface area contributed by atoms with E-state index in [0.717, 1.165) is 5.56 Å². The summed E-state index contributed by atoms with van der Waals surface area (Å²) in [5, 5.41) is 3.16. The summed E-state index contributed by atoms with van der Waals surface area (Å²) in [5.74, 6) is 0.881. The van der Waals surface area contributed by atoms with Crippen molar-refractivity contribution >= 4 is 17.7 Å². The maximum Gasteiger partial charge on any atom is 0.230 e. The predicted octanol–water partition coefficient (Wildman–Crippen LogP) is 4.60. The van der Waals surface area contributed by atoms with Gasteiger partial charge in [0.15, 0.2) is 0 Å². The lowest BCUT2D eigenvalue weighted by Crippen LogP contribution is -2.32. The minimum atomic E-state index is 0.0613. The Labute approximate surface area is 137 Å². The van der Waals surface area contributed by atoms with E-state index in [0.29, 0.717) is 11.7 Å². The number of amides is 1. The molecule has 1 atom stereocenters. The first-order valence-corrected chi connectivity index (χ1v) is 8.59. The molecule has 2 aromatic rings. The minimum Gasteiger partial charge on any atom is -0.348 e. The molecule has 0 radical (unpaired) electrons. The second-order valence-electron chi connectivity index (χ2n) is 5.75. The van der Waals surface area contributed by atoms with Gasteiger partial charge in [-0.1, -0.05) is 62.4 Å². The van der Waals surface area contributed by atoms with E-state index in [1.54, 1.807) is 11.8 Å². The zero-order chi connectivity index (χ0) is 15.9. The molecular weight excluding hydrogens is 290 g/mol. The Morgan fingerprint density at radius 3 is 2.32 bits per heavy atom. The Morgan fingerprint density at radius 2 is 1.68 bits per heavy atom. The fourth-order valence-electron chi connectivity index (χ4n) is 2.37. The highest BCUT2D eigenvalue weighted by Gasteiger charge is 2.18. The molecule has 0 fully saturated rings. The van der Waals surface area contributed by atoms with Gasteiger partial charge in [-0.05, 0) is 30.0 Å². The van der Waals surface area contributed by atoms with E-state index in [-0.39, 0.29) is 11.9 Å². The molecule has 0 saturated carbocycles. The zero-order valence-electron chi connectivity index (χ0n) is 13.4. The molecule has 2 rings (SSSR count). The fourth-order valence-corrected chi connectivity index (χ4v) is 3.21. The average Bonchev–Trinajstić information content (AvgIpc) is 2.52. The molecule has 0 saturated heterocycles. The molecule has 0 aromatic heterocycles. The summed E-state index contributed by atoms with van der Waals surface area (Å²) in [6, 6.07) is 18.4. The van der Waals surface area contributed by atoms with E-state index < -0.39 is 0 Å². The molecular formula is C19H23NOS. The number of carbonyl (C=O) groups excluding carboxylic acids is 1. The molecule has 22 heavy (non-hydrogen) atoms. The van der Waals surface area contributed by atoms with Crippen LogP contribution in [0.15, 0.2) is 59.5 Å². The van der Waals surface area contributed by atoms with Crippen molar-refractivity contribution in [2.24, 2.45) is 5.92 Å². The van der Waals surface area contributed by atoms with Gasteiger partial charge in [0.1, 0.15) is 0 Å². The maximum absolute atomic E-state index is 12.3. The molecule has 1 N–H and O–H groups in total. The Hall–Kier alpha value is -1.74. The smallest absolute Gasteiger partial charge is 0.230 e. The van der Waals surface area contributed by atoms with Crippen LogP contribution in [0.5, 0.6) is 0 Å². The summed E-state index contributed by atoms with van der Waals surface area (Å²) in [7, 11) is 0. The van der Waals surface area contributed by atoms with Crippen molar-refractivity contribution < 1.29 is 4.79 Å². The van der Waals surface area contributed by atoms with Crippen LogP contribution in [0.1, 0.15) is 31.0 Å². The predicted molar refractivity (Wildman–Crippen MR) is 94.1 cm³/mol. The van der Waals surface area contributed by atoms with Crippen LogP contribution in [0.4, 0.5) is 0 Å². The number of benzene rings is 2. The fraction of sp³-hybridized carbons (Fsp3) is 0.316. The van der Waals surface area contributed by atoms with Gasteiger partial charge in [0.2, 0.25) is 5.91 Å². The highest BCUT2D eigenvalue weighted by Crippen LogP contribution is 2.24. The van der Waals surface area contributed by atoms with E-state index in [1.807, 2.05) is 30.3 Å². The van der Waals surface area contributed by atoms with Crippen LogP contribution in [-0.4, -0.2) is 11.7 Å². The van der Waals surface area contributed by atoms with Crippen molar-refractivity contribution in [1.29, 1.82) is 0 Å². The summed E-state index contributed by atoms with van der Waals surface area (Å²) < 4.78 is 0. The van der Waals surface area contributed by atoms with E-state index in [9.17, 15) is 4.79 Å². The highest BCUT2D eigenvalue weighted by molar-refractivity contribution is 8.00. The largest absolute Gasteiger partial charge is 0.348 e. The van der Waals surface area contributed by atoms with Gasteiger partial charge in [-0.2, -0.15) is 0 Å². The third-order valence-electron chi connectivity index (χ3n) is 3.59. The topological polar surface area (TPSA) is 29.1 Å². The number of thioether (sulfide) groups is 1. The summed E-state index contributed by atoms with van der Waals surface area (Å²) in [6.07, 6.45) is 0. The number of aryl methyl sites for hydroxylation is 1. The summed E-state index contributed by atoms with van der Waals surface area (Å²) in [4.78, 5) is 13.4. The van der Waals surface area contributed by atoms with Crippen LogP contribution in [0.25, 0.3) is 0 Å². The SMILES string of the molecule is Cc1ccccc1SCC(=O)N[C@H](c1ccccc1)C(C)C. The van der Waals surface area contributed by atoms with Gasteiger partial charge in [0.05, 0.1) is 11.8 Å². The van der Waals surface area contributed by atoms with E-state index in [1.165, 1.54) is 10.5 Å². The van der Waals surface area contributed by atoms with Crippen LogP contribution >= 0.6 is 11.8 Å². The van der Waals surface area contributed by atoms with Gasteiger partial charge >= 0.3 is 0 Å². The summed E-state index contributed by atoms with van der Waals surface area (Å²) in [5.41, 5.74) is 2.37. The van der Waals surface area contributed by atoms with Gasteiger partial charge < -0.3 is 5.32 Å². The van der Waals surface area contributed by atoms with Gasteiger partial charge in [0.25, 0.3) is 0 Å². The normalized spacial score (nSPS) is 12.2. The lowest BCUT2D eigenvalue weighted by atomic mass is 9.96. The van der Waals surface area contributed by atoms with Crippen LogP contribution in [-0.2, 0) is 4.79 Å². The molecule has 0 spiro atoms. The first-order valence-electron chi connectivity index (χ1n) is 7.60. The molecule has 116 valence electrons. The molecule has 2 aromatic carbocycles. The van der Waals surface area contributed by atoms with E-state index >= 15 is 0 Å². The lowest BCUT2D eigenvalue weighted by molar-refractivity contribution is -0.119. The second kappa shape index (κ2) is 8.04. The Bertz CT molecular complexity index is 610. The van der Waals surface area contributed by atoms with Crippen molar-refractivity contribution in [2.75, 3.05) is 5.75 Å². The number of rotatable bonds is 6.